The van der Waals surface area contributed by atoms with Crippen LogP contribution in [0.1, 0.15) is 47.5 Å². The van der Waals surface area contributed by atoms with Gasteiger partial charge in [0.1, 0.15) is 18.5 Å². The topological polar surface area (TPSA) is 162 Å². The standard InChI is InChI=1S/C24H31NO12/c1-11-19(18(30)20(32-11)16-6-8-25-9-7-16)37-24-23(35-15(5)29)22(34-14(4)28)21(33-13(3)27)17(36-24)10-31-12(2)26/h17,21-25H,6-10H2,1-5H3/t17-,21-,22+,23-,24+/m1/s1. The van der Waals surface area contributed by atoms with Crippen molar-refractivity contribution in [2.45, 2.75) is 78.2 Å². The molecule has 37 heavy (non-hydrogen) atoms. The molecule has 3 aliphatic heterocycles. The zero-order valence-electron chi connectivity index (χ0n) is 21.3. The van der Waals surface area contributed by atoms with E-state index in [2.05, 4.69) is 5.32 Å². The van der Waals surface area contributed by atoms with Crippen LogP contribution in [0.5, 0.6) is 0 Å². The van der Waals surface area contributed by atoms with Gasteiger partial charge < -0.3 is 38.5 Å². The second-order valence-corrected chi connectivity index (χ2v) is 8.68. The Hall–Kier alpha value is -3.45. The maximum atomic E-state index is 13.2. The van der Waals surface area contributed by atoms with Crippen LogP contribution < -0.4 is 5.32 Å². The first-order chi connectivity index (χ1) is 17.5. The number of ether oxygens (including phenoxy) is 7. The van der Waals surface area contributed by atoms with E-state index in [1.54, 1.807) is 0 Å². The zero-order valence-corrected chi connectivity index (χ0v) is 21.3. The van der Waals surface area contributed by atoms with E-state index >= 15 is 0 Å². The van der Waals surface area contributed by atoms with Crippen molar-refractivity contribution < 1.29 is 57.1 Å². The first-order valence-electron chi connectivity index (χ1n) is 11.8. The lowest BCUT2D eigenvalue weighted by molar-refractivity contribution is -0.299. The van der Waals surface area contributed by atoms with Crippen LogP contribution in [0.3, 0.4) is 0 Å². The summed E-state index contributed by atoms with van der Waals surface area (Å²) in [6, 6.07) is 0. The van der Waals surface area contributed by atoms with Crippen molar-refractivity contribution >= 4 is 29.7 Å². The van der Waals surface area contributed by atoms with Crippen LogP contribution in [0, 0.1) is 0 Å². The lowest BCUT2D eigenvalue weighted by atomic mass is 9.98. The van der Waals surface area contributed by atoms with Crippen molar-refractivity contribution in [2.75, 3.05) is 19.7 Å². The van der Waals surface area contributed by atoms with Gasteiger partial charge in [-0.25, -0.2) is 0 Å². The number of esters is 4. The molecule has 0 amide bonds. The average molecular weight is 526 g/mol. The highest BCUT2D eigenvalue weighted by atomic mass is 16.7. The fourth-order valence-electron chi connectivity index (χ4n) is 4.23. The van der Waals surface area contributed by atoms with Crippen molar-refractivity contribution in [2.24, 2.45) is 0 Å². The number of allylic oxidation sites excluding steroid dienone is 1. The molecule has 0 unspecified atom stereocenters. The SMILES string of the molecule is CC(=O)OC[C@H]1O[C@@H](OC2=C(C)OC(=C3CCNCC3)C2=O)[C@H](OC(C)=O)[C@@H](OC(C)=O)[C@@H]1OC(C)=O. The van der Waals surface area contributed by atoms with Crippen molar-refractivity contribution in [3.63, 3.8) is 0 Å². The molecule has 2 fully saturated rings. The summed E-state index contributed by atoms with van der Waals surface area (Å²) >= 11 is 0. The highest BCUT2D eigenvalue weighted by Gasteiger charge is 2.54. The van der Waals surface area contributed by atoms with E-state index in [-0.39, 0.29) is 17.3 Å². The van der Waals surface area contributed by atoms with Crippen LogP contribution in [-0.2, 0) is 57.1 Å². The number of piperidine rings is 1. The number of nitrogens with one attached hydrogen (secondary N) is 1. The Morgan fingerprint density at radius 2 is 1.43 bits per heavy atom. The van der Waals surface area contributed by atoms with E-state index in [0.717, 1.165) is 26.3 Å². The van der Waals surface area contributed by atoms with Crippen LogP contribution in [0.15, 0.2) is 22.9 Å². The van der Waals surface area contributed by atoms with E-state index in [0.29, 0.717) is 25.9 Å². The Bertz CT molecular complexity index is 1010. The lowest BCUT2D eigenvalue weighted by Crippen LogP contribution is -2.63. The fraction of sp³-hybridized carbons (Fsp3) is 0.625. The Morgan fingerprint density at radius 3 is 2.00 bits per heavy atom. The van der Waals surface area contributed by atoms with Crippen LogP contribution in [-0.4, -0.2) is 80.1 Å². The van der Waals surface area contributed by atoms with Gasteiger partial charge in [0.15, 0.2) is 18.0 Å². The first kappa shape index (κ1) is 28.1. The number of carbonyl (C=O) groups is 5. The summed E-state index contributed by atoms with van der Waals surface area (Å²) in [5.41, 5.74) is 0.836. The van der Waals surface area contributed by atoms with Gasteiger partial charge in [-0.15, -0.1) is 0 Å². The molecule has 0 spiro atoms. The van der Waals surface area contributed by atoms with Gasteiger partial charge in [0.25, 0.3) is 5.78 Å². The number of ketones is 1. The molecule has 3 aliphatic rings. The third-order valence-electron chi connectivity index (χ3n) is 5.70. The molecule has 204 valence electrons. The molecule has 13 nitrogen and oxygen atoms in total. The number of carbonyl (C=O) groups excluding carboxylic acids is 5. The van der Waals surface area contributed by atoms with Gasteiger partial charge in [-0.2, -0.15) is 0 Å². The first-order valence-corrected chi connectivity index (χ1v) is 11.8. The van der Waals surface area contributed by atoms with E-state index in [4.69, 9.17) is 33.2 Å². The van der Waals surface area contributed by atoms with E-state index < -0.39 is 67.0 Å². The summed E-state index contributed by atoms with van der Waals surface area (Å²) < 4.78 is 38.6. The summed E-state index contributed by atoms with van der Waals surface area (Å²) in [4.78, 5) is 60.4. The Labute approximate surface area is 213 Å². The Balaban J connectivity index is 1.96. The monoisotopic (exact) mass is 525 g/mol. The summed E-state index contributed by atoms with van der Waals surface area (Å²) in [5.74, 6) is -3.32. The zero-order chi connectivity index (χ0) is 27.3. The van der Waals surface area contributed by atoms with Gasteiger partial charge >= 0.3 is 23.9 Å². The third kappa shape index (κ3) is 7.07. The fourth-order valence-corrected chi connectivity index (χ4v) is 4.23. The molecule has 0 bridgehead atoms. The molecule has 3 heterocycles. The van der Waals surface area contributed by atoms with Crippen LogP contribution in [0.2, 0.25) is 0 Å². The molecule has 3 rings (SSSR count). The number of hydrogen-bond acceptors (Lipinski definition) is 13. The smallest absolute Gasteiger partial charge is 0.303 e. The predicted octanol–water partition coefficient (Wildman–Crippen LogP) is 0.554. The van der Waals surface area contributed by atoms with Crippen molar-refractivity contribution in [1.29, 1.82) is 0 Å². The molecule has 0 aliphatic carbocycles. The van der Waals surface area contributed by atoms with Gasteiger partial charge in [0, 0.05) is 27.7 Å². The lowest BCUT2D eigenvalue weighted by Gasteiger charge is -2.43. The van der Waals surface area contributed by atoms with Crippen molar-refractivity contribution in [1.82, 2.24) is 5.32 Å². The van der Waals surface area contributed by atoms with E-state index in [9.17, 15) is 24.0 Å². The Kier molecular flexibility index (Phi) is 9.27. The molecule has 1 N–H and O–H groups in total. The quantitative estimate of drug-likeness (QED) is 0.279. The highest BCUT2D eigenvalue weighted by molar-refractivity contribution is 6.08. The highest BCUT2D eigenvalue weighted by Crippen LogP contribution is 2.35. The minimum Gasteiger partial charge on any atom is -0.463 e. The summed E-state index contributed by atoms with van der Waals surface area (Å²) in [6.07, 6.45) is -5.66. The second-order valence-electron chi connectivity index (χ2n) is 8.68. The van der Waals surface area contributed by atoms with Crippen molar-refractivity contribution in [3.8, 4) is 0 Å². The summed E-state index contributed by atoms with van der Waals surface area (Å²) in [5, 5.41) is 3.20. The van der Waals surface area contributed by atoms with E-state index in [1.807, 2.05) is 0 Å². The van der Waals surface area contributed by atoms with E-state index in [1.165, 1.54) is 13.8 Å². The number of hydrogen-bond donors (Lipinski definition) is 1. The summed E-state index contributed by atoms with van der Waals surface area (Å²) in [7, 11) is 0. The van der Waals surface area contributed by atoms with Gasteiger partial charge in [-0.05, 0) is 38.4 Å². The molecule has 0 aromatic carbocycles. The van der Waals surface area contributed by atoms with Crippen LogP contribution in [0.4, 0.5) is 0 Å². The molecular formula is C24H31NO12. The molecule has 5 atom stereocenters. The van der Waals surface area contributed by atoms with Crippen LogP contribution in [0.25, 0.3) is 0 Å². The largest absolute Gasteiger partial charge is 0.463 e. The molecular weight excluding hydrogens is 494 g/mol. The maximum absolute atomic E-state index is 13.2. The van der Waals surface area contributed by atoms with Gasteiger partial charge in [0.2, 0.25) is 18.2 Å². The maximum Gasteiger partial charge on any atom is 0.303 e. The van der Waals surface area contributed by atoms with Gasteiger partial charge in [-0.3, -0.25) is 24.0 Å². The number of Topliss-reactive ketones (excluding diaryl/α,β-unsaturated/α-hetero) is 1. The third-order valence-corrected chi connectivity index (χ3v) is 5.70. The molecule has 0 radical (unpaired) electrons. The molecule has 0 aromatic heterocycles. The average Bonchev–Trinajstić information content (AvgIpc) is 3.09. The van der Waals surface area contributed by atoms with Gasteiger partial charge in [0.05, 0.1) is 0 Å². The normalized spacial score (nSPS) is 27.8. The minimum absolute atomic E-state index is 0.166. The molecule has 0 saturated carbocycles. The summed E-state index contributed by atoms with van der Waals surface area (Å²) in [6.45, 7) is 7.03. The second kappa shape index (κ2) is 12.2. The Morgan fingerprint density at radius 1 is 0.865 bits per heavy atom. The molecule has 13 heteroatoms. The number of rotatable bonds is 7. The molecule has 2 saturated heterocycles. The van der Waals surface area contributed by atoms with Crippen LogP contribution >= 0.6 is 0 Å². The van der Waals surface area contributed by atoms with Gasteiger partial charge in [-0.1, -0.05) is 0 Å². The van der Waals surface area contributed by atoms with Crippen molar-refractivity contribution in [3.05, 3.63) is 22.9 Å². The minimum atomic E-state index is -1.52. The predicted molar refractivity (Wildman–Crippen MR) is 121 cm³/mol. The molecule has 0 aromatic rings.